The molecule has 0 saturated heterocycles. The molecular weight excluding hydrogens is 240 g/mol. The van der Waals surface area contributed by atoms with Crippen molar-refractivity contribution in [2.45, 2.75) is 33.1 Å². The lowest BCUT2D eigenvalue weighted by Gasteiger charge is -2.12. The van der Waals surface area contributed by atoms with E-state index in [1.807, 2.05) is 6.92 Å². The molecule has 1 aromatic rings. The molecule has 0 radical (unpaired) electrons. The topological polar surface area (TPSA) is 64.8 Å². The molecule has 0 spiro atoms. The minimum Gasteiger partial charge on any atom is -0.507 e. The smallest absolute Gasteiger partial charge is 0.165 e. The highest BCUT2D eigenvalue weighted by Gasteiger charge is 2.24. The number of nitrogens with zero attached hydrogens (tertiary/aromatic N) is 1. The second-order valence-corrected chi connectivity index (χ2v) is 5.07. The first-order valence-electron chi connectivity index (χ1n) is 6.76. The largest absolute Gasteiger partial charge is 0.507 e. The molecule has 1 aromatic carbocycles. The third-order valence-corrected chi connectivity index (χ3v) is 3.79. The summed E-state index contributed by atoms with van der Waals surface area (Å²) in [4.78, 5) is 4.46. The van der Waals surface area contributed by atoms with E-state index in [-0.39, 0.29) is 11.5 Å². The Morgan fingerprint density at radius 2 is 2.11 bits per heavy atom. The number of fused-ring (bicyclic) bond motifs is 2. The van der Waals surface area contributed by atoms with Crippen molar-refractivity contribution < 1.29 is 10.2 Å². The van der Waals surface area contributed by atoms with E-state index in [1.54, 1.807) is 0 Å². The molecule has 4 nitrogen and oxygen atoms in total. The van der Waals surface area contributed by atoms with Crippen molar-refractivity contribution in [3.8, 4) is 11.5 Å². The summed E-state index contributed by atoms with van der Waals surface area (Å²) in [6.45, 7) is 4.64. The van der Waals surface area contributed by atoms with Gasteiger partial charge in [0.2, 0.25) is 0 Å². The first-order chi connectivity index (χ1) is 9.15. The lowest BCUT2D eigenvalue weighted by molar-refractivity contribution is 0.449. The fourth-order valence-corrected chi connectivity index (χ4v) is 2.78. The Labute approximate surface area is 111 Å². The summed E-state index contributed by atoms with van der Waals surface area (Å²) in [5.74, 6) is 0.400. The number of hydrogen-bond acceptors (Lipinski definition) is 4. The lowest BCUT2D eigenvalue weighted by atomic mass is 10.1. The van der Waals surface area contributed by atoms with E-state index < -0.39 is 0 Å². The van der Waals surface area contributed by atoms with Crippen molar-refractivity contribution in [1.82, 2.24) is 0 Å². The zero-order valence-electron chi connectivity index (χ0n) is 11.2. The molecule has 3 N–H and O–H groups in total. The number of nitrogens with one attached hydrogen (secondary N) is 1. The van der Waals surface area contributed by atoms with Crippen LogP contribution in [0.25, 0.3) is 5.57 Å². The highest BCUT2D eigenvalue weighted by atomic mass is 16.3. The van der Waals surface area contributed by atoms with Gasteiger partial charge in [0.1, 0.15) is 11.1 Å². The summed E-state index contributed by atoms with van der Waals surface area (Å²) in [6, 6.07) is 0. The second kappa shape index (κ2) is 4.30. The van der Waals surface area contributed by atoms with E-state index in [0.29, 0.717) is 16.6 Å². The summed E-state index contributed by atoms with van der Waals surface area (Å²) in [6.07, 6.45) is 4.86. The van der Waals surface area contributed by atoms with Gasteiger partial charge in [0.15, 0.2) is 5.75 Å². The van der Waals surface area contributed by atoms with Crippen LogP contribution in [0.4, 0.5) is 5.69 Å². The Morgan fingerprint density at radius 3 is 2.84 bits per heavy atom. The van der Waals surface area contributed by atoms with Crippen LogP contribution in [0.3, 0.4) is 0 Å². The third kappa shape index (κ3) is 1.63. The van der Waals surface area contributed by atoms with Gasteiger partial charge in [-0.3, -0.25) is 0 Å². The predicted octanol–water partition coefficient (Wildman–Crippen LogP) is 1.69. The highest BCUT2D eigenvalue weighted by Crippen LogP contribution is 2.34. The maximum absolute atomic E-state index is 10.4. The van der Waals surface area contributed by atoms with Gasteiger partial charge in [0.05, 0.1) is 16.6 Å². The zero-order valence-corrected chi connectivity index (χ0v) is 11.2. The van der Waals surface area contributed by atoms with Crippen LogP contribution in [0, 0.1) is 6.92 Å². The maximum atomic E-state index is 10.4. The van der Waals surface area contributed by atoms with E-state index in [0.717, 1.165) is 42.3 Å². The Hall–Kier alpha value is -1.97. The summed E-state index contributed by atoms with van der Waals surface area (Å²) < 4.78 is 0. The molecule has 0 aromatic heterocycles. The molecule has 0 fully saturated rings. The van der Waals surface area contributed by atoms with Crippen LogP contribution in [0.5, 0.6) is 11.5 Å². The van der Waals surface area contributed by atoms with E-state index >= 15 is 0 Å². The van der Waals surface area contributed by atoms with Crippen molar-refractivity contribution >= 4 is 11.3 Å². The number of phenols is 2. The molecule has 1 aliphatic carbocycles. The van der Waals surface area contributed by atoms with E-state index in [2.05, 4.69) is 23.3 Å². The normalized spacial score (nSPS) is 15.9. The fourth-order valence-electron chi connectivity index (χ4n) is 2.78. The van der Waals surface area contributed by atoms with Crippen LogP contribution in [0.1, 0.15) is 31.7 Å². The van der Waals surface area contributed by atoms with E-state index in [1.165, 1.54) is 0 Å². The Bertz CT molecular complexity index is 702. The second-order valence-electron chi connectivity index (χ2n) is 5.07. The van der Waals surface area contributed by atoms with Gasteiger partial charge in [-0.15, -0.1) is 0 Å². The average Bonchev–Trinajstić information content (AvgIpc) is 2.96. The Balaban J connectivity index is 2.31. The molecule has 1 aliphatic heterocycles. The number of benzene rings is 1. The summed E-state index contributed by atoms with van der Waals surface area (Å²) in [7, 11) is 0. The van der Waals surface area contributed by atoms with Crippen LogP contribution >= 0.6 is 0 Å². The predicted molar refractivity (Wildman–Crippen MR) is 74.8 cm³/mol. The molecular formula is C15H18N2O2. The van der Waals surface area contributed by atoms with Crippen LogP contribution in [0.15, 0.2) is 16.8 Å². The molecule has 0 bridgehead atoms. The van der Waals surface area contributed by atoms with Crippen molar-refractivity contribution in [1.29, 1.82) is 0 Å². The SMILES string of the molecule is CCCNc1c(C)c(O)c2c(c1O)=NC1=CCCC=21. The Kier molecular flexibility index (Phi) is 2.73. The molecule has 19 heavy (non-hydrogen) atoms. The first-order valence-corrected chi connectivity index (χ1v) is 6.76. The average molecular weight is 258 g/mol. The lowest BCUT2D eigenvalue weighted by Crippen LogP contribution is -2.26. The summed E-state index contributed by atoms with van der Waals surface area (Å²) in [5.41, 5.74) is 3.27. The molecule has 3 rings (SSSR count). The Morgan fingerprint density at radius 1 is 1.32 bits per heavy atom. The van der Waals surface area contributed by atoms with Crippen LogP contribution in [0.2, 0.25) is 0 Å². The molecule has 4 heteroatoms. The number of rotatable bonds is 3. The minimum atomic E-state index is 0.154. The van der Waals surface area contributed by atoms with Crippen LogP contribution in [-0.4, -0.2) is 16.8 Å². The number of anilines is 1. The molecule has 0 saturated carbocycles. The van der Waals surface area contributed by atoms with Crippen LogP contribution < -0.4 is 15.9 Å². The molecule has 0 amide bonds. The van der Waals surface area contributed by atoms with Gasteiger partial charge >= 0.3 is 0 Å². The van der Waals surface area contributed by atoms with E-state index in [9.17, 15) is 10.2 Å². The van der Waals surface area contributed by atoms with Crippen molar-refractivity contribution in [3.05, 3.63) is 27.9 Å². The van der Waals surface area contributed by atoms with Gasteiger partial charge in [0.25, 0.3) is 0 Å². The van der Waals surface area contributed by atoms with E-state index in [4.69, 9.17) is 0 Å². The fraction of sp³-hybridized carbons (Fsp3) is 0.400. The molecule has 2 aliphatic rings. The first kappa shape index (κ1) is 12.1. The molecule has 0 atom stereocenters. The van der Waals surface area contributed by atoms with Gasteiger partial charge in [-0.1, -0.05) is 13.0 Å². The number of hydrogen-bond donors (Lipinski definition) is 3. The summed E-state index contributed by atoms with van der Waals surface area (Å²) in [5, 5.41) is 25.2. The zero-order chi connectivity index (χ0) is 13.6. The monoisotopic (exact) mass is 258 g/mol. The van der Waals surface area contributed by atoms with Gasteiger partial charge in [0, 0.05) is 12.1 Å². The maximum Gasteiger partial charge on any atom is 0.165 e. The minimum absolute atomic E-state index is 0.154. The molecule has 0 unspecified atom stereocenters. The van der Waals surface area contributed by atoms with Gasteiger partial charge in [-0.05, 0) is 31.8 Å². The highest BCUT2D eigenvalue weighted by molar-refractivity contribution is 5.76. The standard InChI is InChI=1S/C15H18N2O2/c1-3-7-16-12-8(2)14(18)11-9-5-4-6-10(9)17-13(11)15(12)19/h6,16,18-19H,3-5,7H2,1-2H3. The van der Waals surface area contributed by atoms with Crippen molar-refractivity contribution in [2.75, 3.05) is 11.9 Å². The van der Waals surface area contributed by atoms with Crippen molar-refractivity contribution in [2.24, 2.45) is 4.99 Å². The van der Waals surface area contributed by atoms with Gasteiger partial charge < -0.3 is 15.5 Å². The molecule has 100 valence electrons. The van der Waals surface area contributed by atoms with Crippen LogP contribution in [-0.2, 0) is 0 Å². The molecule has 1 heterocycles. The van der Waals surface area contributed by atoms with Gasteiger partial charge in [-0.25, -0.2) is 4.99 Å². The number of allylic oxidation sites excluding steroid dienone is 2. The summed E-state index contributed by atoms with van der Waals surface area (Å²) >= 11 is 0. The van der Waals surface area contributed by atoms with Crippen molar-refractivity contribution in [3.63, 3.8) is 0 Å². The third-order valence-electron chi connectivity index (χ3n) is 3.79. The van der Waals surface area contributed by atoms with Gasteiger partial charge in [-0.2, -0.15) is 0 Å². The quantitative estimate of drug-likeness (QED) is 0.571. The number of phenolic OH excluding ortho intramolecular Hbond substituents is 2. The number of aromatic hydroxyl groups is 2.